The highest BCUT2D eigenvalue weighted by molar-refractivity contribution is 5.96. The predicted molar refractivity (Wildman–Crippen MR) is 109 cm³/mol. The summed E-state index contributed by atoms with van der Waals surface area (Å²) >= 11 is 0. The highest BCUT2D eigenvalue weighted by Crippen LogP contribution is 2.40. The summed E-state index contributed by atoms with van der Waals surface area (Å²) in [5.41, 5.74) is 0.191. The van der Waals surface area contributed by atoms with E-state index < -0.39 is 17.3 Å². The number of nitrogens with one attached hydrogen (secondary N) is 4. The molecule has 156 valence electrons. The van der Waals surface area contributed by atoms with Crippen molar-refractivity contribution in [3.05, 3.63) is 64.3 Å². The molecule has 4 heterocycles. The fourth-order valence-corrected chi connectivity index (χ4v) is 3.47. The summed E-state index contributed by atoms with van der Waals surface area (Å²) in [4.78, 5) is 20.5. The monoisotopic (exact) mass is 425 g/mol. The largest absolute Gasteiger partial charge is 0.417 e. The number of H-pyrrole nitrogens is 3. The van der Waals surface area contributed by atoms with Crippen molar-refractivity contribution in [1.29, 1.82) is 0 Å². The second-order valence-corrected chi connectivity index (χ2v) is 7.03. The van der Waals surface area contributed by atoms with Gasteiger partial charge in [-0.1, -0.05) is 0 Å². The zero-order chi connectivity index (χ0) is 21.8. The van der Waals surface area contributed by atoms with E-state index in [2.05, 4.69) is 35.7 Å². The second kappa shape index (κ2) is 6.69. The van der Waals surface area contributed by atoms with Crippen LogP contribution in [0.4, 0.5) is 24.7 Å². The standard InChI is InChI=1S/C20H14F3N7O/c1-9-4-18(29-27-9)26-14-7-15(25-17-8-24-3-2-10(14)17)11-5-12-16(28-30-19(12)31)6-13(11)20(21,22)23/h2-8H,1H3,(H2,28,30,31)(H2,25,26,27,29). The Kier molecular flexibility index (Phi) is 4.07. The minimum atomic E-state index is -4.66. The SMILES string of the molecule is Cc1cc(Nc2cc(-c3cc4c(=O)[nH][nH]c4cc3C(F)(F)F)nc3cnccc23)n[nH]1. The molecule has 0 aliphatic heterocycles. The first kappa shape index (κ1) is 18.9. The van der Waals surface area contributed by atoms with Crippen LogP contribution >= 0.6 is 0 Å². The number of halogens is 3. The second-order valence-electron chi connectivity index (χ2n) is 7.03. The zero-order valence-electron chi connectivity index (χ0n) is 15.9. The summed E-state index contributed by atoms with van der Waals surface area (Å²) in [5, 5.41) is 15.6. The van der Waals surface area contributed by atoms with Crippen LogP contribution < -0.4 is 10.9 Å². The third kappa shape index (κ3) is 3.29. The Morgan fingerprint density at radius 3 is 2.65 bits per heavy atom. The van der Waals surface area contributed by atoms with Crippen LogP contribution in [-0.4, -0.2) is 30.4 Å². The van der Waals surface area contributed by atoms with E-state index in [1.807, 2.05) is 6.92 Å². The lowest BCUT2D eigenvalue weighted by Gasteiger charge is -2.15. The van der Waals surface area contributed by atoms with E-state index in [4.69, 9.17) is 0 Å². The lowest BCUT2D eigenvalue weighted by atomic mass is 10.00. The maximum Gasteiger partial charge on any atom is 0.417 e. The van der Waals surface area contributed by atoms with Crippen molar-refractivity contribution in [2.75, 3.05) is 5.32 Å². The molecular formula is C20H14F3N7O. The molecule has 0 fully saturated rings. The Morgan fingerprint density at radius 2 is 1.90 bits per heavy atom. The van der Waals surface area contributed by atoms with Gasteiger partial charge in [-0.15, -0.1) is 0 Å². The summed E-state index contributed by atoms with van der Waals surface area (Å²) in [5.74, 6) is 0.501. The Labute approximate surface area is 171 Å². The van der Waals surface area contributed by atoms with Gasteiger partial charge in [0.2, 0.25) is 0 Å². The highest BCUT2D eigenvalue weighted by atomic mass is 19.4. The molecule has 0 unspecified atom stereocenters. The van der Waals surface area contributed by atoms with Gasteiger partial charge in [-0.2, -0.15) is 18.3 Å². The van der Waals surface area contributed by atoms with Crippen LogP contribution in [0.25, 0.3) is 33.1 Å². The van der Waals surface area contributed by atoms with Gasteiger partial charge < -0.3 is 5.32 Å². The van der Waals surface area contributed by atoms with Crippen LogP contribution in [0.1, 0.15) is 11.3 Å². The molecule has 0 aliphatic carbocycles. The molecule has 0 radical (unpaired) electrons. The quantitative estimate of drug-likeness (QED) is 0.345. The number of rotatable bonds is 3. The van der Waals surface area contributed by atoms with E-state index in [-0.39, 0.29) is 22.2 Å². The Hall–Kier alpha value is -4.15. The lowest BCUT2D eigenvalue weighted by Crippen LogP contribution is -2.09. The first-order valence-corrected chi connectivity index (χ1v) is 9.15. The number of aromatic nitrogens is 6. The van der Waals surface area contributed by atoms with E-state index in [0.29, 0.717) is 22.4 Å². The Morgan fingerprint density at radius 1 is 1.06 bits per heavy atom. The van der Waals surface area contributed by atoms with Crippen LogP contribution in [0.3, 0.4) is 0 Å². The number of benzene rings is 1. The average molecular weight is 425 g/mol. The van der Waals surface area contributed by atoms with Crippen molar-refractivity contribution < 1.29 is 13.2 Å². The summed E-state index contributed by atoms with van der Waals surface area (Å²) in [6, 6.07) is 7.07. The van der Waals surface area contributed by atoms with Crippen molar-refractivity contribution in [1.82, 2.24) is 30.4 Å². The summed E-state index contributed by atoms with van der Waals surface area (Å²) in [7, 11) is 0. The zero-order valence-corrected chi connectivity index (χ0v) is 15.9. The molecule has 0 amide bonds. The maximum atomic E-state index is 13.9. The molecule has 1 aromatic carbocycles. The van der Waals surface area contributed by atoms with Crippen LogP contribution in [-0.2, 0) is 6.18 Å². The Balaban J connectivity index is 1.78. The van der Waals surface area contributed by atoms with Gasteiger partial charge in [-0.25, -0.2) is 4.98 Å². The highest BCUT2D eigenvalue weighted by Gasteiger charge is 2.35. The molecular weight excluding hydrogens is 411 g/mol. The number of aromatic amines is 3. The third-order valence-electron chi connectivity index (χ3n) is 4.88. The normalized spacial score (nSPS) is 12.0. The summed E-state index contributed by atoms with van der Waals surface area (Å²) < 4.78 is 41.6. The fourth-order valence-electron chi connectivity index (χ4n) is 3.47. The van der Waals surface area contributed by atoms with Gasteiger partial charge in [0.05, 0.1) is 39.6 Å². The minimum Gasteiger partial charge on any atom is -0.338 e. The van der Waals surface area contributed by atoms with Crippen molar-refractivity contribution in [2.45, 2.75) is 13.1 Å². The van der Waals surface area contributed by atoms with Gasteiger partial charge in [0.1, 0.15) is 0 Å². The van der Waals surface area contributed by atoms with E-state index in [1.54, 1.807) is 18.3 Å². The molecule has 11 heteroatoms. The maximum absolute atomic E-state index is 13.9. The van der Waals surface area contributed by atoms with E-state index in [0.717, 1.165) is 11.8 Å². The number of hydrogen-bond donors (Lipinski definition) is 4. The number of anilines is 2. The molecule has 8 nitrogen and oxygen atoms in total. The molecule has 5 rings (SSSR count). The number of nitrogens with zero attached hydrogens (tertiary/aromatic N) is 3. The van der Waals surface area contributed by atoms with Crippen LogP contribution in [0.5, 0.6) is 0 Å². The number of alkyl halides is 3. The molecule has 4 N–H and O–H groups in total. The molecule has 0 atom stereocenters. The van der Waals surface area contributed by atoms with Crippen LogP contribution in [0.15, 0.2) is 47.5 Å². The smallest absolute Gasteiger partial charge is 0.338 e. The molecule has 0 saturated carbocycles. The topological polar surface area (TPSA) is 115 Å². The van der Waals surface area contributed by atoms with Gasteiger partial charge in [-0.05, 0) is 31.2 Å². The number of hydrogen-bond acceptors (Lipinski definition) is 5. The minimum absolute atomic E-state index is 0.0464. The number of fused-ring (bicyclic) bond motifs is 2. The molecule has 4 aromatic heterocycles. The first-order valence-electron chi connectivity index (χ1n) is 9.15. The third-order valence-corrected chi connectivity index (χ3v) is 4.88. The fraction of sp³-hybridized carbons (Fsp3) is 0.100. The molecule has 0 aliphatic rings. The summed E-state index contributed by atoms with van der Waals surface area (Å²) in [6.07, 6.45) is -1.62. The average Bonchev–Trinajstić information content (AvgIpc) is 3.31. The number of aryl methyl sites for hydroxylation is 1. The van der Waals surface area contributed by atoms with Gasteiger partial charge in [0, 0.05) is 28.9 Å². The van der Waals surface area contributed by atoms with Crippen LogP contribution in [0, 0.1) is 6.92 Å². The molecule has 0 saturated heterocycles. The lowest BCUT2D eigenvalue weighted by molar-refractivity contribution is -0.137. The number of pyridine rings is 2. The van der Waals surface area contributed by atoms with E-state index in [9.17, 15) is 18.0 Å². The van der Waals surface area contributed by atoms with E-state index in [1.165, 1.54) is 18.3 Å². The molecule has 0 bridgehead atoms. The van der Waals surface area contributed by atoms with Crippen molar-refractivity contribution in [3.63, 3.8) is 0 Å². The van der Waals surface area contributed by atoms with Gasteiger partial charge in [0.15, 0.2) is 5.82 Å². The summed E-state index contributed by atoms with van der Waals surface area (Å²) in [6.45, 7) is 1.83. The Bertz CT molecular complexity index is 1500. The van der Waals surface area contributed by atoms with Gasteiger partial charge >= 0.3 is 6.18 Å². The van der Waals surface area contributed by atoms with Crippen molar-refractivity contribution in [3.8, 4) is 11.3 Å². The van der Waals surface area contributed by atoms with Crippen LogP contribution in [0.2, 0.25) is 0 Å². The van der Waals surface area contributed by atoms with Gasteiger partial charge in [0.25, 0.3) is 5.56 Å². The first-order chi connectivity index (χ1) is 14.8. The molecule has 5 aromatic rings. The molecule has 0 spiro atoms. The van der Waals surface area contributed by atoms with Gasteiger partial charge in [-0.3, -0.25) is 25.1 Å². The van der Waals surface area contributed by atoms with Crippen molar-refractivity contribution >= 4 is 33.3 Å². The predicted octanol–water partition coefficient (Wildman–Crippen LogP) is 4.26. The van der Waals surface area contributed by atoms with Crippen molar-refractivity contribution in [2.24, 2.45) is 0 Å². The van der Waals surface area contributed by atoms with E-state index >= 15 is 0 Å². The molecule has 31 heavy (non-hydrogen) atoms.